The van der Waals surface area contributed by atoms with E-state index in [1.54, 1.807) is 18.2 Å². The van der Waals surface area contributed by atoms with E-state index in [-0.39, 0.29) is 24.2 Å². The lowest BCUT2D eigenvalue weighted by Crippen LogP contribution is -2.25. The number of alkyl halides is 1. The largest absolute Gasteiger partial charge is 0.491 e. The molecule has 0 aromatic heterocycles. The Morgan fingerprint density at radius 3 is 2.85 bits per heavy atom. The summed E-state index contributed by atoms with van der Waals surface area (Å²) in [5, 5.41) is 28.9. The Balaban J connectivity index is 1.91. The van der Waals surface area contributed by atoms with E-state index in [1.807, 2.05) is 0 Å². The fourth-order valence-corrected chi connectivity index (χ4v) is 3.87. The maximum atomic E-state index is 14.8. The molecular formula is C20H31FO5. The summed E-state index contributed by atoms with van der Waals surface area (Å²) >= 11 is 0. The first-order chi connectivity index (χ1) is 12.4. The number of allylic oxidation sites excluding steroid dienone is 2. The first kappa shape index (κ1) is 20.9. The predicted octanol–water partition coefficient (Wildman–Crippen LogP) is 3.36. The van der Waals surface area contributed by atoms with Gasteiger partial charge in [-0.3, -0.25) is 4.79 Å². The van der Waals surface area contributed by atoms with Crippen LogP contribution in [0.2, 0.25) is 0 Å². The molecule has 1 saturated heterocycles. The van der Waals surface area contributed by atoms with Crippen LogP contribution in [0.15, 0.2) is 24.0 Å². The number of unbranched alkanes of at least 4 members (excludes halogenated alkanes) is 3. The number of carbonyl (C=O) groups is 1. The third kappa shape index (κ3) is 5.55. The number of hydrogen-bond acceptors (Lipinski definition) is 4. The van der Waals surface area contributed by atoms with Crippen molar-refractivity contribution in [3.8, 4) is 0 Å². The number of aliphatic hydroxyl groups is 2. The molecule has 0 amide bonds. The molecule has 0 bridgehead atoms. The standard InChI is InChI=1S/C20H31FO5/c1-2-3-4-7-13(22)10-11-14-15(23)12-17-19(14)20(21)16(26-17)8-5-6-9-18(24)25/h8,10-11,13-15,17,19-20,22-23H,2-7,9,12H2,1H3,(H,24,25)/t13-,14-,15+,17-,19+,20?/m0/s1. The quantitative estimate of drug-likeness (QED) is 0.405. The van der Waals surface area contributed by atoms with Gasteiger partial charge in [-0.25, -0.2) is 4.39 Å². The van der Waals surface area contributed by atoms with E-state index in [0.29, 0.717) is 25.7 Å². The monoisotopic (exact) mass is 370 g/mol. The summed E-state index contributed by atoms with van der Waals surface area (Å²) < 4.78 is 20.5. The van der Waals surface area contributed by atoms with Crippen molar-refractivity contribution in [2.75, 3.05) is 0 Å². The summed E-state index contributed by atoms with van der Waals surface area (Å²) in [4.78, 5) is 10.5. The molecular weight excluding hydrogens is 339 g/mol. The van der Waals surface area contributed by atoms with Crippen LogP contribution >= 0.6 is 0 Å². The number of ether oxygens (including phenoxy) is 1. The minimum Gasteiger partial charge on any atom is -0.491 e. The maximum Gasteiger partial charge on any atom is 0.303 e. The van der Waals surface area contributed by atoms with E-state index in [4.69, 9.17) is 9.84 Å². The summed E-state index contributed by atoms with van der Waals surface area (Å²) in [5.41, 5.74) is 0. The van der Waals surface area contributed by atoms with Gasteiger partial charge in [-0.15, -0.1) is 0 Å². The lowest BCUT2D eigenvalue weighted by atomic mass is 9.89. The number of fused-ring (bicyclic) bond motifs is 1. The highest BCUT2D eigenvalue weighted by Gasteiger charge is 2.53. The lowest BCUT2D eigenvalue weighted by molar-refractivity contribution is -0.137. The molecule has 0 aromatic carbocycles. The van der Waals surface area contributed by atoms with Crippen LogP contribution < -0.4 is 0 Å². The van der Waals surface area contributed by atoms with Gasteiger partial charge in [-0.1, -0.05) is 38.3 Å². The fourth-order valence-electron chi connectivity index (χ4n) is 3.87. The normalized spacial score (nSPS) is 33.5. The molecule has 2 rings (SSSR count). The molecule has 1 unspecified atom stereocenters. The van der Waals surface area contributed by atoms with E-state index in [9.17, 15) is 19.4 Å². The van der Waals surface area contributed by atoms with Crippen LogP contribution in [0.5, 0.6) is 0 Å². The van der Waals surface area contributed by atoms with Crippen molar-refractivity contribution < 1.29 is 29.2 Å². The van der Waals surface area contributed by atoms with Gasteiger partial charge in [0.25, 0.3) is 0 Å². The summed E-state index contributed by atoms with van der Waals surface area (Å²) in [7, 11) is 0. The number of hydrogen-bond donors (Lipinski definition) is 3. The van der Waals surface area contributed by atoms with Gasteiger partial charge in [0.15, 0.2) is 6.17 Å². The average molecular weight is 370 g/mol. The van der Waals surface area contributed by atoms with Crippen LogP contribution in [0.25, 0.3) is 0 Å². The van der Waals surface area contributed by atoms with Gasteiger partial charge in [0.05, 0.1) is 12.2 Å². The van der Waals surface area contributed by atoms with Crippen LogP contribution in [0.3, 0.4) is 0 Å². The summed E-state index contributed by atoms with van der Waals surface area (Å²) in [6.45, 7) is 2.10. The molecule has 2 aliphatic rings. The van der Waals surface area contributed by atoms with Crippen molar-refractivity contribution >= 4 is 5.97 Å². The van der Waals surface area contributed by atoms with E-state index in [0.717, 1.165) is 19.3 Å². The van der Waals surface area contributed by atoms with E-state index in [2.05, 4.69) is 6.92 Å². The van der Waals surface area contributed by atoms with Gasteiger partial charge >= 0.3 is 5.97 Å². The first-order valence-corrected chi connectivity index (χ1v) is 9.71. The lowest BCUT2D eigenvalue weighted by Gasteiger charge is -2.18. The highest BCUT2D eigenvalue weighted by Crippen LogP contribution is 2.47. The predicted molar refractivity (Wildman–Crippen MR) is 96.2 cm³/mol. The zero-order valence-electron chi connectivity index (χ0n) is 15.4. The third-order valence-electron chi connectivity index (χ3n) is 5.29. The Morgan fingerprint density at radius 2 is 2.15 bits per heavy atom. The van der Waals surface area contributed by atoms with Gasteiger partial charge in [0, 0.05) is 24.7 Å². The van der Waals surface area contributed by atoms with Crippen LogP contribution in [-0.2, 0) is 9.53 Å². The number of aliphatic carboxylic acids is 1. The zero-order valence-corrected chi connectivity index (χ0v) is 15.4. The molecule has 1 aliphatic carbocycles. The number of carboxylic acid groups (broad SMARTS) is 1. The second kappa shape index (κ2) is 10.1. The zero-order chi connectivity index (χ0) is 19.1. The maximum absolute atomic E-state index is 14.8. The van der Waals surface area contributed by atoms with E-state index in [1.165, 1.54) is 0 Å². The molecule has 1 saturated carbocycles. The topological polar surface area (TPSA) is 87.0 Å². The number of aliphatic hydroxyl groups excluding tert-OH is 2. The van der Waals surface area contributed by atoms with Gasteiger partial charge in [0.1, 0.15) is 11.9 Å². The van der Waals surface area contributed by atoms with Gasteiger partial charge in [0.2, 0.25) is 0 Å². The van der Waals surface area contributed by atoms with Crippen LogP contribution in [-0.4, -0.2) is 45.8 Å². The Bertz CT molecular complexity index is 518. The van der Waals surface area contributed by atoms with Crippen molar-refractivity contribution in [3.05, 3.63) is 24.0 Å². The molecule has 2 fully saturated rings. The second-order valence-electron chi connectivity index (χ2n) is 7.36. The fraction of sp³-hybridized carbons (Fsp3) is 0.750. The second-order valence-corrected chi connectivity index (χ2v) is 7.36. The van der Waals surface area contributed by atoms with E-state index < -0.39 is 30.3 Å². The summed E-state index contributed by atoms with van der Waals surface area (Å²) in [6, 6.07) is 0. The highest BCUT2D eigenvalue weighted by atomic mass is 19.1. The van der Waals surface area contributed by atoms with E-state index >= 15 is 0 Å². The Hall–Kier alpha value is -1.40. The molecule has 0 aromatic rings. The third-order valence-corrected chi connectivity index (χ3v) is 5.29. The molecule has 1 aliphatic heterocycles. The van der Waals surface area contributed by atoms with Crippen molar-refractivity contribution in [3.63, 3.8) is 0 Å². The number of halogens is 1. The molecule has 3 N–H and O–H groups in total. The molecule has 6 heteroatoms. The molecule has 0 radical (unpaired) electrons. The highest BCUT2D eigenvalue weighted by molar-refractivity contribution is 5.66. The number of carboxylic acids is 1. The smallest absolute Gasteiger partial charge is 0.303 e. The molecule has 6 atom stereocenters. The summed E-state index contributed by atoms with van der Waals surface area (Å²) in [5.74, 6) is -1.43. The van der Waals surface area contributed by atoms with Crippen LogP contribution in [0.1, 0.15) is 58.3 Å². The Labute approximate surface area is 154 Å². The molecule has 0 spiro atoms. The van der Waals surface area contributed by atoms with Crippen LogP contribution in [0, 0.1) is 11.8 Å². The van der Waals surface area contributed by atoms with Gasteiger partial charge < -0.3 is 20.1 Å². The summed E-state index contributed by atoms with van der Waals surface area (Å²) in [6.07, 6.45) is 7.25. The van der Waals surface area contributed by atoms with Crippen molar-refractivity contribution in [1.82, 2.24) is 0 Å². The Kier molecular flexibility index (Phi) is 8.10. The minimum absolute atomic E-state index is 0.0492. The minimum atomic E-state index is -1.30. The SMILES string of the molecule is CCCCC[C@H](O)C=C[C@@H]1[C@H]2C(F)C(=CCCCC(=O)O)O[C@H]2C[C@H]1O. The van der Waals surface area contributed by atoms with Crippen LogP contribution in [0.4, 0.5) is 4.39 Å². The van der Waals surface area contributed by atoms with Crippen molar-refractivity contribution in [2.45, 2.75) is 82.8 Å². The number of rotatable bonds is 10. The Morgan fingerprint density at radius 1 is 1.38 bits per heavy atom. The molecule has 5 nitrogen and oxygen atoms in total. The molecule has 1 heterocycles. The first-order valence-electron chi connectivity index (χ1n) is 9.71. The van der Waals surface area contributed by atoms with Gasteiger partial charge in [-0.2, -0.15) is 0 Å². The van der Waals surface area contributed by atoms with Gasteiger partial charge in [-0.05, 0) is 25.3 Å². The van der Waals surface area contributed by atoms with Crippen molar-refractivity contribution in [2.24, 2.45) is 11.8 Å². The average Bonchev–Trinajstić information content (AvgIpc) is 3.05. The molecule has 148 valence electrons. The molecule has 26 heavy (non-hydrogen) atoms. The van der Waals surface area contributed by atoms with Crippen molar-refractivity contribution in [1.29, 1.82) is 0 Å².